The molecule has 138 valence electrons. The van der Waals surface area contributed by atoms with Crippen LogP contribution in [0.25, 0.3) is 0 Å². The van der Waals surface area contributed by atoms with Gasteiger partial charge in [-0.3, -0.25) is 4.55 Å². The van der Waals surface area contributed by atoms with Crippen molar-refractivity contribution in [1.29, 1.82) is 0 Å². The molecular weight excluding hydrogens is 405 g/mol. The Morgan fingerprint density at radius 3 is 2.42 bits per heavy atom. The van der Waals surface area contributed by atoms with Gasteiger partial charge in [-0.1, -0.05) is 28.4 Å². The first kappa shape index (κ1) is 20.1. The fourth-order valence-corrected chi connectivity index (χ4v) is 2.97. The van der Waals surface area contributed by atoms with E-state index in [1.54, 1.807) is 19.1 Å². The van der Waals surface area contributed by atoms with Crippen LogP contribution in [0.3, 0.4) is 0 Å². The second-order valence-corrected chi connectivity index (χ2v) is 7.23. The summed E-state index contributed by atoms with van der Waals surface area (Å²) in [6.45, 7) is 1.94. The van der Waals surface area contributed by atoms with Gasteiger partial charge in [0.15, 0.2) is 0 Å². The number of hydrogen-bond donors (Lipinski definition) is 2. The average Bonchev–Trinajstić information content (AvgIpc) is 2.56. The number of nitrogens with zero attached hydrogens (tertiary/aromatic N) is 3. The Balaban J connectivity index is 2.46. The molecule has 0 aliphatic rings. The molecule has 0 saturated heterocycles. The Bertz CT molecular complexity index is 979. The number of carboxylic acids is 1. The first-order chi connectivity index (χ1) is 12.1. The Hall–Kier alpha value is -2.20. The second-order valence-electron chi connectivity index (χ2n) is 4.96. The van der Waals surface area contributed by atoms with E-state index in [2.05, 4.69) is 10.3 Å². The van der Waals surface area contributed by atoms with E-state index >= 15 is 0 Å². The van der Waals surface area contributed by atoms with Crippen molar-refractivity contribution in [3.05, 3.63) is 52.0 Å². The molecule has 0 heterocycles. The first-order valence-electron chi connectivity index (χ1n) is 7.12. The molecule has 0 aromatic heterocycles. The van der Waals surface area contributed by atoms with E-state index in [0.29, 0.717) is 10.7 Å². The van der Waals surface area contributed by atoms with Crippen molar-refractivity contribution in [2.45, 2.75) is 11.8 Å². The number of rotatable bonds is 6. The SMILES string of the molecule is CCN(N=Nc1ccc(Cl)cc1Cl)c1ccc(S(=O)(=O)O)cc1C(=O)O. The first-order valence-corrected chi connectivity index (χ1v) is 9.32. The molecule has 2 N–H and O–H groups in total. The van der Waals surface area contributed by atoms with E-state index in [-0.39, 0.29) is 22.8 Å². The van der Waals surface area contributed by atoms with Crippen LogP contribution >= 0.6 is 23.2 Å². The van der Waals surface area contributed by atoms with E-state index in [1.807, 2.05) is 0 Å². The zero-order valence-corrected chi connectivity index (χ0v) is 15.6. The molecule has 0 unspecified atom stereocenters. The third kappa shape index (κ3) is 4.70. The summed E-state index contributed by atoms with van der Waals surface area (Å²) >= 11 is 11.8. The molecule has 0 spiro atoms. The maximum Gasteiger partial charge on any atom is 0.337 e. The minimum absolute atomic E-state index is 0.0984. The van der Waals surface area contributed by atoms with Crippen LogP contribution in [0.2, 0.25) is 10.0 Å². The van der Waals surface area contributed by atoms with Crippen molar-refractivity contribution >= 4 is 50.7 Å². The number of anilines is 1. The van der Waals surface area contributed by atoms with Gasteiger partial charge in [-0.25, -0.2) is 9.80 Å². The minimum atomic E-state index is -4.54. The smallest absolute Gasteiger partial charge is 0.337 e. The lowest BCUT2D eigenvalue weighted by molar-refractivity contribution is 0.0697. The maximum absolute atomic E-state index is 11.5. The van der Waals surface area contributed by atoms with Crippen molar-refractivity contribution in [2.75, 3.05) is 11.6 Å². The predicted molar refractivity (Wildman–Crippen MR) is 97.2 cm³/mol. The molecule has 8 nitrogen and oxygen atoms in total. The number of hydrogen-bond acceptors (Lipinski definition) is 5. The van der Waals surface area contributed by atoms with E-state index in [9.17, 15) is 18.3 Å². The third-order valence-corrected chi connectivity index (χ3v) is 4.63. The quantitative estimate of drug-likeness (QED) is 0.406. The van der Waals surface area contributed by atoms with Gasteiger partial charge in [-0.05, 0) is 43.3 Å². The Morgan fingerprint density at radius 1 is 1.19 bits per heavy atom. The zero-order valence-electron chi connectivity index (χ0n) is 13.3. The Labute approximate surface area is 159 Å². The summed E-state index contributed by atoms with van der Waals surface area (Å²) in [5.74, 6) is -1.39. The lowest BCUT2D eigenvalue weighted by atomic mass is 10.1. The fraction of sp³-hybridized carbons (Fsp3) is 0.133. The standard InChI is InChI=1S/C15H13Cl2N3O5S/c1-2-20(19-18-13-5-3-9(16)7-12(13)17)14-6-4-10(26(23,24)25)8-11(14)15(21)22/h3-8H,2H2,1H3,(H,21,22)(H,23,24,25). The second kappa shape index (κ2) is 8.00. The molecule has 26 heavy (non-hydrogen) atoms. The summed E-state index contributed by atoms with van der Waals surface area (Å²) in [6.07, 6.45) is 0. The van der Waals surface area contributed by atoms with Crippen LogP contribution in [0.15, 0.2) is 51.6 Å². The van der Waals surface area contributed by atoms with Gasteiger partial charge in [0.2, 0.25) is 0 Å². The largest absolute Gasteiger partial charge is 0.478 e. The molecule has 0 fully saturated rings. The molecule has 2 aromatic carbocycles. The highest BCUT2D eigenvalue weighted by Gasteiger charge is 2.20. The lowest BCUT2D eigenvalue weighted by Crippen LogP contribution is -2.18. The third-order valence-electron chi connectivity index (χ3n) is 3.24. The van der Waals surface area contributed by atoms with E-state index < -0.39 is 21.0 Å². The maximum atomic E-state index is 11.5. The lowest BCUT2D eigenvalue weighted by Gasteiger charge is -2.18. The summed E-state index contributed by atoms with van der Waals surface area (Å²) in [7, 11) is -4.54. The van der Waals surface area contributed by atoms with Crippen LogP contribution in [-0.4, -0.2) is 30.6 Å². The van der Waals surface area contributed by atoms with Gasteiger partial charge in [0.25, 0.3) is 10.1 Å². The average molecular weight is 418 g/mol. The minimum Gasteiger partial charge on any atom is -0.478 e. The van der Waals surface area contributed by atoms with Crippen molar-refractivity contribution < 1.29 is 22.9 Å². The van der Waals surface area contributed by atoms with Gasteiger partial charge >= 0.3 is 5.97 Å². The predicted octanol–water partition coefficient (Wildman–Crippen LogP) is 4.46. The van der Waals surface area contributed by atoms with E-state index in [0.717, 1.165) is 12.1 Å². The van der Waals surface area contributed by atoms with E-state index in [4.69, 9.17) is 27.8 Å². The van der Waals surface area contributed by atoms with Crippen LogP contribution < -0.4 is 5.01 Å². The molecule has 0 aliphatic heterocycles. The topological polar surface area (TPSA) is 120 Å². The Kier molecular flexibility index (Phi) is 6.19. The summed E-state index contributed by atoms with van der Waals surface area (Å²) in [4.78, 5) is 10.9. The molecule has 2 rings (SSSR count). The van der Waals surface area contributed by atoms with Crippen LogP contribution in [0.4, 0.5) is 11.4 Å². The van der Waals surface area contributed by atoms with Crippen LogP contribution in [0.5, 0.6) is 0 Å². The van der Waals surface area contributed by atoms with Crippen molar-refractivity contribution in [3.63, 3.8) is 0 Å². The number of carboxylic acid groups (broad SMARTS) is 1. The summed E-state index contributed by atoms with van der Waals surface area (Å²) < 4.78 is 31.5. The Morgan fingerprint density at radius 2 is 1.88 bits per heavy atom. The monoisotopic (exact) mass is 417 g/mol. The number of carbonyl (C=O) groups is 1. The highest BCUT2D eigenvalue weighted by Crippen LogP contribution is 2.30. The van der Waals surface area contributed by atoms with Crippen LogP contribution in [-0.2, 0) is 10.1 Å². The molecule has 2 aromatic rings. The molecule has 0 radical (unpaired) electrons. The van der Waals surface area contributed by atoms with Gasteiger partial charge in [0.05, 0.1) is 21.2 Å². The normalized spacial score (nSPS) is 11.7. The summed E-state index contributed by atoms with van der Waals surface area (Å²) in [6, 6.07) is 7.74. The highest BCUT2D eigenvalue weighted by molar-refractivity contribution is 7.85. The van der Waals surface area contributed by atoms with Gasteiger partial charge in [0, 0.05) is 11.6 Å². The molecule has 11 heteroatoms. The molecule has 0 saturated carbocycles. The zero-order chi connectivity index (χ0) is 19.5. The van der Waals surface area contributed by atoms with Crippen LogP contribution in [0.1, 0.15) is 17.3 Å². The van der Waals surface area contributed by atoms with Crippen LogP contribution in [0, 0.1) is 0 Å². The summed E-state index contributed by atoms with van der Waals surface area (Å²) in [5, 5.41) is 19.2. The van der Waals surface area contributed by atoms with Crippen molar-refractivity contribution in [1.82, 2.24) is 0 Å². The van der Waals surface area contributed by atoms with Gasteiger partial charge < -0.3 is 5.11 Å². The van der Waals surface area contributed by atoms with Crippen molar-refractivity contribution in [2.24, 2.45) is 10.3 Å². The van der Waals surface area contributed by atoms with Gasteiger partial charge in [0.1, 0.15) is 5.69 Å². The van der Waals surface area contributed by atoms with Gasteiger partial charge in [-0.15, -0.1) is 5.11 Å². The highest BCUT2D eigenvalue weighted by atomic mass is 35.5. The van der Waals surface area contributed by atoms with E-state index in [1.165, 1.54) is 17.1 Å². The van der Waals surface area contributed by atoms with Gasteiger partial charge in [-0.2, -0.15) is 8.42 Å². The number of aromatic carboxylic acids is 1. The molecule has 0 aliphatic carbocycles. The fourth-order valence-electron chi connectivity index (χ4n) is 2.02. The summed E-state index contributed by atoms with van der Waals surface area (Å²) in [5.41, 5.74) is 0.0605. The molecule has 0 bridgehead atoms. The van der Waals surface area contributed by atoms with Crippen molar-refractivity contribution in [3.8, 4) is 0 Å². The number of halogens is 2. The molecular formula is C15H13Cl2N3O5S. The molecule has 0 amide bonds. The molecule has 0 atom stereocenters. The number of benzene rings is 2.